The second-order valence-corrected chi connectivity index (χ2v) is 6.29. The van der Waals surface area contributed by atoms with E-state index in [9.17, 15) is 0 Å². The van der Waals surface area contributed by atoms with E-state index < -0.39 is 0 Å². The summed E-state index contributed by atoms with van der Waals surface area (Å²) in [5.74, 6) is 0. The van der Waals surface area contributed by atoms with E-state index in [2.05, 4.69) is 46.4 Å². The zero-order chi connectivity index (χ0) is 13.1. The van der Waals surface area contributed by atoms with Crippen LogP contribution in [0.5, 0.6) is 0 Å². The number of hydrogen-bond acceptors (Lipinski definition) is 3. The summed E-state index contributed by atoms with van der Waals surface area (Å²) in [4.78, 5) is 5.11. The first-order valence-electron chi connectivity index (χ1n) is 7.32. The zero-order valence-corrected chi connectivity index (χ0v) is 12.5. The molecule has 1 aliphatic rings. The van der Waals surface area contributed by atoms with E-state index in [1.165, 1.54) is 54.7 Å². The maximum Gasteiger partial charge on any atom is 0.0708 e. The van der Waals surface area contributed by atoms with Crippen LogP contribution in [0.25, 0.3) is 10.1 Å². The molecule has 0 unspecified atom stereocenters. The number of unbranched alkanes of at least 4 members (excludes halogenated alkanes) is 2. The van der Waals surface area contributed by atoms with Gasteiger partial charge in [0.1, 0.15) is 0 Å². The molecule has 3 rings (SSSR count). The minimum Gasteiger partial charge on any atom is -0.357 e. The van der Waals surface area contributed by atoms with Gasteiger partial charge in [0.25, 0.3) is 0 Å². The van der Waals surface area contributed by atoms with Gasteiger partial charge in [-0.1, -0.05) is 25.8 Å². The molecule has 0 amide bonds. The van der Waals surface area contributed by atoms with Gasteiger partial charge in [0.05, 0.1) is 6.67 Å². The Morgan fingerprint density at radius 1 is 1.16 bits per heavy atom. The van der Waals surface area contributed by atoms with Gasteiger partial charge in [0, 0.05) is 28.9 Å². The third-order valence-electron chi connectivity index (χ3n) is 3.95. The van der Waals surface area contributed by atoms with Gasteiger partial charge in [-0.05, 0) is 36.5 Å². The molecular formula is C16H22N2S. The van der Waals surface area contributed by atoms with E-state index in [-0.39, 0.29) is 0 Å². The van der Waals surface area contributed by atoms with Crippen molar-refractivity contribution >= 4 is 27.1 Å². The number of thiophene rings is 1. The molecular weight excluding hydrogens is 252 g/mol. The molecule has 0 N–H and O–H groups in total. The van der Waals surface area contributed by atoms with Crippen LogP contribution in [0.3, 0.4) is 0 Å². The number of benzene rings is 1. The molecule has 0 saturated carbocycles. The number of fused-ring (bicyclic) bond motifs is 1. The Morgan fingerprint density at radius 3 is 3.00 bits per heavy atom. The third kappa shape index (κ3) is 2.77. The standard InChI is InChI=1S/C16H22N2S/c1-2-3-4-9-17-10-11-18(13-17)15-6-5-7-16-14(15)8-12-19-16/h5-8,12H,2-4,9-11,13H2,1H3. The van der Waals surface area contributed by atoms with Gasteiger partial charge in [0.2, 0.25) is 0 Å². The summed E-state index contributed by atoms with van der Waals surface area (Å²) >= 11 is 1.84. The van der Waals surface area contributed by atoms with Gasteiger partial charge >= 0.3 is 0 Å². The zero-order valence-electron chi connectivity index (χ0n) is 11.6. The minimum atomic E-state index is 1.10. The molecule has 2 nitrogen and oxygen atoms in total. The van der Waals surface area contributed by atoms with Crippen LogP contribution in [-0.2, 0) is 0 Å². The predicted molar refractivity (Wildman–Crippen MR) is 85.1 cm³/mol. The highest BCUT2D eigenvalue weighted by Crippen LogP contribution is 2.31. The Balaban J connectivity index is 1.69. The summed E-state index contributed by atoms with van der Waals surface area (Å²) in [6, 6.07) is 8.94. The molecule has 1 fully saturated rings. The molecule has 2 aromatic rings. The maximum atomic E-state index is 2.58. The predicted octanol–water partition coefficient (Wildman–Crippen LogP) is 4.17. The number of nitrogens with zero attached hydrogens (tertiary/aromatic N) is 2. The van der Waals surface area contributed by atoms with E-state index in [1.807, 2.05) is 11.3 Å². The Bertz CT molecular complexity index is 534. The van der Waals surface area contributed by atoms with Gasteiger partial charge < -0.3 is 4.90 Å². The van der Waals surface area contributed by atoms with Crippen LogP contribution in [0.1, 0.15) is 26.2 Å². The molecule has 1 saturated heterocycles. The lowest BCUT2D eigenvalue weighted by Gasteiger charge is -2.20. The molecule has 2 heterocycles. The van der Waals surface area contributed by atoms with Crippen LogP contribution >= 0.6 is 11.3 Å². The van der Waals surface area contributed by atoms with Crippen LogP contribution in [0.4, 0.5) is 5.69 Å². The molecule has 0 aliphatic carbocycles. The van der Waals surface area contributed by atoms with Crippen LogP contribution < -0.4 is 4.90 Å². The van der Waals surface area contributed by atoms with Crippen molar-refractivity contribution in [3.63, 3.8) is 0 Å². The van der Waals surface area contributed by atoms with E-state index in [1.54, 1.807) is 0 Å². The molecule has 0 spiro atoms. The van der Waals surface area contributed by atoms with Crippen molar-refractivity contribution in [3.8, 4) is 0 Å². The molecule has 1 aromatic heterocycles. The smallest absolute Gasteiger partial charge is 0.0708 e. The van der Waals surface area contributed by atoms with E-state index in [0.717, 1.165) is 6.67 Å². The third-order valence-corrected chi connectivity index (χ3v) is 4.83. The first kappa shape index (κ1) is 12.9. The van der Waals surface area contributed by atoms with Crippen LogP contribution in [-0.4, -0.2) is 31.2 Å². The molecule has 1 aliphatic heterocycles. The first-order chi connectivity index (χ1) is 9.38. The number of rotatable bonds is 5. The van der Waals surface area contributed by atoms with E-state index in [4.69, 9.17) is 0 Å². The van der Waals surface area contributed by atoms with Crippen LogP contribution in [0, 0.1) is 0 Å². The molecule has 3 heteroatoms. The lowest BCUT2D eigenvalue weighted by molar-refractivity contribution is 0.332. The van der Waals surface area contributed by atoms with Gasteiger partial charge in [-0.15, -0.1) is 11.3 Å². The highest BCUT2D eigenvalue weighted by atomic mass is 32.1. The van der Waals surface area contributed by atoms with Crippen LogP contribution in [0.2, 0.25) is 0 Å². The molecule has 0 radical (unpaired) electrons. The first-order valence-corrected chi connectivity index (χ1v) is 8.20. The Labute approximate surface area is 119 Å². The van der Waals surface area contributed by atoms with Gasteiger partial charge in [-0.3, -0.25) is 4.90 Å². The summed E-state index contributed by atoms with van der Waals surface area (Å²) in [5, 5.41) is 3.62. The van der Waals surface area contributed by atoms with Gasteiger partial charge in [-0.2, -0.15) is 0 Å². The average molecular weight is 274 g/mol. The van der Waals surface area contributed by atoms with E-state index >= 15 is 0 Å². The summed E-state index contributed by atoms with van der Waals surface area (Å²) in [5.41, 5.74) is 1.41. The SMILES string of the molecule is CCCCCN1CCN(c2cccc3sccc23)C1. The average Bonchev–Trinajstić information content (AvgIpc) is 3.07. The van der Waals surface area contributed by atoms with E-state index in [0.29, 0.717) is 0 Å². The molecule has 102 valence electrons. The molecule has 1 aromatic carbocycles. The lowest BCUT2D eigenvalue weighted by Crippen LogP contribution is -2.26. The summed E-state index contributed by atoms with van der Waals surface area (Å²) in [6.07, 6.45) is 4.01. The summed E-state index contributed by atoms with van der Waals surface area (Å²) < 4.78 is 1.40. The highest BCUT2D eigenvalue weighted by molar-refractivity contribution is 7.17. The van der Waals surface area contributed by atoms with Crippen molar-refractivity contribution in [2.24, 2.45) is 0 Å². The molecule has 0 bridgehead atoms. The topological polar surface area (TPSA) is 6.48 Å². The second-order valence-electron chi connectivity index (χ2n) is 5.34. The monoisotopic (exact) mass is 274 g/mol. The van der Waals surface area contributed by atoms with Crippen molar-refractivity contribution in [2.75, 3.05) is 31.2 Å². The normalized spacial score (nSPS) is 16.6. The fourth-order valence-corrected chi connectivity index (χ4v) is 3.67. The van der Waals surface area contributed by atoms with Gasteiger partial charge in [0.15, 0.2) is 0 Å². The van der Waals surface area contributed by atoms with Crippen LogP contribution in [0.15, 0.2) is 29.6 Å². The van der Waals surface area contributed by atoms with Crippen molar-refractivity contribution in [3.05, 3.63) is 29.6 Å². The molecule has 0 atom stereocenters. The fourth-order valence-electron chi connectivity index (χ4n) is 2.86. The summed E-state index contributed by atoms with van der Waals surface area (Å²) in [6.45, 7) is 7.00. The number of anilines is 1. The maximum absolute atomic E-state index is 2.58. The molecule has 19 heavy (non-hydrogen) atoms. The minimum absolute atomic E-state index is 1.10. The quantitative estimate of drug-likeness (QED) is 0.755. The van der Waals surface area contributed by atoms with Crippen molar-refractivity contribution in [1.82, 2.24) is 4.90 Å². The Morgan fingerprint density at radius 2 is 2.11 bits per heavy atom. The lowest BCUT2D eigenvalue weighted by atomic mass is 10.2. The second kappa shape index (κ2) is 5.93. The fraction of sp³-hybridized carbons (Fsp3) is 0.500. The highest BCUT2D eigenvalue weighted by Gasteiger charge is 2.20. The number of hydrogen-bond donors (Lipinski definition) is 0. The van der Waals surface area contributed by atoms with Crippen molar-refractivity contribution in [1.29, 1.82) is 0 Å². The van der Waals surface area contributed by atoms with Crippen molar-refractivity contribution in [2.45, 2.75) is 26.2 Å². The van der Waals surface area contributed by atoms with Gasteiger partial charge in [-0.25, -0.2) is 0 Å². The van der Waals surface area contributed by atoms with Crippen molar-refractivity contribution < 1.29 is 0 Å². The Kier molecular flexibility index (Phi) is 4.04. The summed E-state index contributed by atoms with van der Waals surface area (Å²) in [7, 11) is 0. The Hall–Kier alpha value is -1.06. The largest absolute Gasteiger partial charge is 0.357 e.